The lowest BCUT2D eigenvalue weighted by molar-refractivity contribution is 0.0730. The zero-order valence-electron chi connectivity index (χ0n) is 21.1. The Hall–Kier alpha value is -3.78. The quantitative estimate of drug-likeness (QED) is 0.365. The van der Waals surface area contributed by atoms with E-state index < -0.39 is 0 Å². The molecule has 0 fully saturated rings. The maximum Gasteiger partial charge on any atom is 0.267 e. The molecule has 2 aromatic carbocycles. The Morgan fingerprint density at radius 1 is 1.11 bits per heavy atom. The Morgan fingerprint density at radius 2 is 1.83 bits per heavy atom. The Morgan fingerprint density at radius 3 is 2.53 bits per heavy atom. The van der Waals surface area contributed by atoms with E-state index in [1.807, 2.05) is 66.4 Å². The maximum atomic E-state index is 13.4. The molecule has 2 aromatic heterocycles. The number of hydrogen-bond acceptors (Lipinski definition) is 6. The van der Waals surface area contributed by atoms with Crippen molar-refractivity contribution < 1.29 is 9.32 Å². The van der Waals surface area contributed by atoms with E-state index in [2.05, 4.69) is 17.1 Å². The van der Waals surface area contributed by atoms with Gasteiger partial charge in [0.25, 0.3) is 17.2 Å². The minimum atomic E-state index is -0.166. The van der Waals surface area contributed by atoms with E-state index in [1.54, 1.807) is 11.5 Å². The van der Waals surface area contributed by atoms with Gasteiger partial charge in [-0.25, -0.2) is 0 Å². The van der Waals surface area contributed by atoms with Crippen LogP contribution in [0.2, 0.25) is 0 Å². The lowest BCUT2D eigenvalue weighted by atomic mass is 10.0. The SMILES string of the molecule is Cc1ccc(C(=O)N(CCCN)CC(C)Cc2nc3onc(C)c3c(=O)n2Cc2ccccc2)cc1. The average molecular weight is 488 g/mol. The van der Waals surface area contributed by atoms with Crippen LogP contribution in [0.4, 0.5) is 0 Å². The van der Waals surface area contributed by atoms with Crippen molar-refractivity contribution >= 4 is 17.0 Å². The second-order valence-electron chi connectivity index (χ2n) is 9.42. The monoisotopic (exact) mass is 487 g/mol. The van der Waals surface area contributed by atoms with Gasteiger partial charge < -0.3 is 15.2 Å². The molecule has 0 saturated heterocycles. The minimum absolute atomic E-state index is 0.0220. The lowest BCUT2D eigenvalue weighted by Crippen LogP contribution is -2.37. The first-order valence-electron chi connectivity index (χ1n) is 12.3. The molecule has 8 nitrogen and oxygen atoms in total. The van der Waals surface area contributed by atoms with Crippen molar-refractivity contribution in [1.82, 2.24) is 19.6 Å². The summed E-state index contributed by atoms with van der Waals surface area (Å²) in [6, 6.07) is 17.4. The molecule has 0 spiro atoms. The van der Waals surface area contributed by atoms with Crippen molar-refractivity contribution in [2.75, 3.05) is 19.6 Å². The molecule has 0 aliphatic heterocycles. The predicted octanol–water partition coefficient (Wildman–Crippen LogP) is 3.72. The summed E-state index contributed by atoms with van der Waals surface area (Å²) >= 11 is 0. The Balaban J connectivity index is 1.61. The Kier molecular flexibility index (Phi) is 7.95. The molecule has 8 heteroatoms. The third-order valence-corrected chi connectivity index (χ3v) is 6.31. The van der Waals surface area contributed by atoms with Crippen LogP contribution in [0.1, 0.15) is 46.3 Å². The molecule has 1 atom stereocenters. The normalized spacial score (nSPS) is 12.1. The van der Waals surface area contributed by atoms with Gasteiger partial charge in [-0.05, 0) is 50.4 Å². The number of nitrogens with zero attached hydrogens (tertiary/aromatic N) is 4. The van der Waals surface area contributed by atoms with Crippen LogP contribution in [0.3, 0.4) is 0 Å². The van der Waals surface area contributed by atoms with Gasteiger partial charge in [0.1, 0.15) is 11.2 Å². The highest BCUT2D eigenvalue weighted by atomic mass is 16.5. The van der Waals surface area contributed by atoms with Crippen LogP contribution >= 0.6 is 0 Å². The first-order valence-corrected chi connectivity index (χ1v) is 12.3. The Bertz CT molecular complexity index is 1380. The van der Waals surface area contributed by atoms with E-state index in [0.717, 1.165) is 11.1 Å². The van der Waals surface area contributed by atoms with Crippen molar-refractivity contribution in [2.24, 2.45) is 11.7 Å². The number of fused-ring (bicyclic) bond motifs is 1. The molecule has 0 aliphatic carbocycles. The summed E-state index contributed by atoms with van der Waals surface area (Å²) < 4.78 is 7.04. The maximum absolute atomic E-state index is 13.4. The number of benzene rings is 2. The molecule has 188 valence electrons. The molecule has 2 N–H and O–H groups in total. The van der Waals surface area contributed by atoms with Crippen LogP contribution in [0.5, 0.6) is 0 Å². The molecule has 4 rings (SSSR count). The molecule has 0 aliphatic rings. The molecule has 0 bridgehead atoms. The molecular weight excluding hydrogens is 454 g/mol. The van der Waals surface area contributed by atoms with Crippen molar-refractivity contribution in [3.63, 3.8) is 0 Å². The number of aromatic nitrogens is 3. The van der Waals surface area contributed by atoms with Gasteiger partial charge in [-0.15, -0.1) is 0 Å². The summed E-state index contributed by atoms with van der Waals surface area (Å²) in [6.45, 7) is 7.79. The van der Waals surface area contributed by atoms with Crippen LogP contribution in [0.25, 0.3) is 11.1 Å². The van der Waals surface area contributed by atoms with Gasteiger partial charge in [-0.2, -0.15) is 4.98 Å². The van der Waals surface area contributed by atoms with Gasteiger partial charge in [-0.3, -0.25) is 14.2 Å². The fourth-order valence-electron chi connectivity index (χ4n) is 4.38. The van der Waals surface area contributed by atoms with E-state index in [0.29, 0.717) is 61.5 Å². The first-order chi connectivity index (χ1) is 17.4. The third kappa shape index (κ3) is 5.71. The van der Waals surface area contributed by atoms with Crippen LogP contribution in [-0.2, 0) is 13.0 Å². The molecule has 1 unspecified atom stereocenters. The Labute approximate surface area is 210 Å². The number of rotatable bonds is 10. The summed E-state index contributed by atoms with van der Waals surface area (Å²) in [6.07, 6.45) is 1.21. The second-order valence-corrected chi connectivity index (χ2v) is 9.42. The molecule has 0 radical (unpaired) electrons. The topological polar surface area (TPSA) is 107 Å². The molecular formula is C28H33N5O3. The van der Waals surface area contributed by atoms with Gasteiger partial charge in [0.15, 0.2) is 0 Å². The fraction of sp³-hybridized carbons (Fsp3) is 0.357. The van der Waals surface area contributed by atoms with E-state index in [9.17, 15) is 9.59 Å². The summed E-state index contributed by atoms with van der Waals surface area (Å²) in [7, 11) is 0. The van der Waals surface area contributed by atoms with E-state index in [4.69, 9.17) is 10.3 Å². The molecule has 4 aromatic rings. The average Bonchev–Trinajstić information content (AvgIpc) is 3.25. The van der Waals surface area contributed by atoms with Crippen LogP contribution in [-0.4, -0.2) is 45.1 Å². The van der Waals surface area contributed by atoms with E-state index >= 15 is 0 Å². The summed E-state index contributed by atoms with van der Waals surface area (Å²) in [5.74, 6) is 0.625. The zero-order chi connectivity index (χ0) is 25.7. The van der Waals surface area contributed by atoms with E-state index in [-0.39, 0.29) is 23.1 Å². The standard InChI is InChI=1S/C28H33N5O3/c1-19-10-12-23(13-11-19)27(34)32(15-7-14-29)17-20(2)16-24-30-26-25(21(3)31-36-26)28(35)33(24)18-22-8-5-4-6-9-22/h4-6,8-13,20H,7,14-18,29H2,1-3H3. The van der Waals surface area contributed by atoms with Crippen LogP contribution in [0.15, 0.2) is 63.9 Å². The van der Waals surface area contributed by atoms with Gasteiger partial charge in [-0.1, -0.05) is 60.1 Å². The minimum Gasteiger partial charge on any atom is -0.338 e. The summed E-state index contributed by atoms with van der Waals surface area (Å²) in [5.41, 5.74) is 9.13. The smallest absolute Gasteiger partial charge is 0.267 e. The predicted molar refractivity (Wildman–Crippen MR) is 140 cm³/mol. The second kappa shape index (κ2) is 11.3. The number of carbonyl (C=O) groups excluding carboxylic acids is 1. The summed E-state index contributed by atoms with van der Waals surface area (Å²) in [5, 5.41) is 4.36. The zero-order valence-corrected chi connectivity index (χ0v) is 21.1. The highest BCUT2D eigenvalue weighted by Gasteiger charge is 2.22. The van der Waals surface area contributed by atoms with Crippen molar-refractivity contribution in [3.05, 3.63) is 93.2 Å². The highest BCUT2D eigenvalue weighted by molar-refractivity contribution is 5.94. The van der Waals surface area contributed by atoms with Crippen molar-refractivity contribution in [2.45, 2.75) is 40.2 Å². The fourth-order valence-corrected chi connectivity index (χ4v) is 4.38. The largest absolute Gasteiger partial charge is 0.338 e. The highest BCUT2D eigenvalue weighted by Crippen LogP contribution is 2.17. The van der Waals surface area contributed by atoms with Gasteiger partial charge in [0, 0.05) is 25.1 Å². The van der Waals surface area contributed by atoms with Gasteiger partial charge in [0.2, 0.25) is 0 Å². The number of amides is 1. The third-order valence-electron chi connectivity index (χ3n) is 6.31. The number of hydrogen-bond donors (Lipinski definition) is 1. The van der Waals surface area contributed by atoms with Gasteiger partial charge >= 0.3 is 0 Å². The number of aryl methyl sites for hydroxylation is 2. The number of carbonyl (C=O) groups is 1. The molecule has 36 heavy (non-hydrogen) atoms. The first kappa shape index (κ1) is 25.3. The van der Waals surface area contributed by atoms with Crippen molar-refractivity contribution in [1.29, 1.82) is 0 Å². The molecule has 2 heterocycles. The molecule has 1 amide bonds. The van der Waals surface area contributed by atoms with E-state index in [1.165, 1.54) is 0 Å². The van der Waals surface area contributed by atoms with Crippen molar-refractivity contribution in [3.8, 4) is 0 Å². The van der Waals surface area contributed by atoms with Crippen LogP contribution in [0, 0.1) is 19.8 Å². The van der Waals surface area contributed by atoms with Gasteiger partial charge in [0.05, 0.1) is 12.2 Å². The van der Waals surface area contributed by atoms with Crippen LogP contribution < -0.4 is 11.3 Å². The molecule has 0 saturated carbocycles. The number of nitrogens with two attached hydrogens (primary N) is 1. The summed E-state index contributed by atoms with van der Waals surface area (Å²) in [4.78, 5) is 33.3. The lowest BCUT2D eigenvalue weighted by Gasteiger charge is -2.26.